The van der Waals surface area contributed by atoms with Crippen LogP contribution in [0.5, 0.6) is 0 Å². The van der Waals surface area contributed by atoms with Crippen LogP contribution in [0.2, 0.25) is 0 Å². The van der Waals surface area contributed by atoms with E-state index in [4.69, 9.17) is 5.73 Å². The van der Waals surface area contributed by atoms with Crippen molar-refractivity contribution in [2.45, 2.75) is 31.7 Å². The average molecular weight is 228 g/mol. The lowest BCUT2D eigenvalue weighted by molar-refractivity contribution is 0.407. The van der Waals surface area contributed by atoms with Gasteiger partial charge in [-0.05, 0) is 24.5 Å². The number of pyridine rings is 1. The summed E-state index contributed by atoms with van der Waals surface area (Å²) in [7, 11) is 0. The second-order valence-corrected chi connectivity index (χ2v) is 4.64. The van der Waals surface area contributed by atoms with E-state index in [0.29, 0.717) is 12.5 Å². The molecule has 0 bridgehead atoms. The number of hydrogen-bond acceptors (Lipinski definition) is 3. The van der Waals surface area contributed by atoms with Crippen LogP contribution in [0.1, 0.15) is 36.4 Å². The molecule has 2 aromatic heterocycles. The van der Waals surface area contributed by atoms with Crippen LogP contribution in [0.25, 0.3) is 0 Å². The normalized spacial score (nSPS) is 15.8. The number of nitrogen functional groups attached to an aromatic ring is 1. The SMILES string of the molecule is Nc1cc(C2CCC2)nn1Cc1cccnc1. The third kappa shape index (κ3) is 2.02. The Bertz CT molecular complexity index is 499. The largest absolute Gasteiger partial charge is 0.384 e. The highest BCUT2D eigenvalue weighted by atomic mass is 15.3. The van der Waals surface area contributed by atoms with Crippen molar-refractivity contribution in [3.05, 3.63) is 41.9 Å². The highest BCUT2D eigenvalue weighted by molar-refractivity contribution is 5.34. The molecular weight excluding hydrogens is 212 g/mol. The summed E-state index contributed by atoms with van der Waals surface area (Å²) in [5.41, 5.74) is 8.26. The summed E-state index contributed by atoms with van der Waals surface area (Å²) in [5, 5.41) is 4.59. The molecule has 0 unspecified atom stereocenters. The fourth-order valence-corrected chi connectivity index (χ4v) is 2.15. The predicted octanol–water partition coefficient (Wildman–Crippen LogP) is 2.18. The Hall–Kier alpha value is -1.84. The number of nitrogens with two attached hydrogens (primary N) is 1. The molecule has 4 nitrogen and oxygen atoms in total. The van der Waals surface area contributed by atoms with Gasteiger partial charge in [-0.1, -0.05) is 12.5 Å². The zero-order valence-corrected chi connectivity index (χ0v) is 9.71. The Balaban J connectivity index is 1.81. The third-order valence-corrected chi connectivity index (χ3v) is 3.41. The van der Waals surface area contributed by atoms with Gasteiger partial charge in [0.1, 0.15) is 5.82 Å². The van der Waals surface area contributed by atoms with Crippen LogP contribution in [0.3, 0.4) is 0 Å². The van der Waals surface area contributed by atoms with Gasteiger partial charge in [-0.3, -0.25) is 4.98 Å². The quantitative estimate of drug-likeness (QED) is 0.876. The van der Waals surface area contributed by atoms with Crippen molar-refractivity contribution in [3.63, 3.8) is 0 Å². The summed E-state index contributed by atoms with van der Waals surface area (Å²) in [4.78, 5) is 4.10. The van der Waals surface area contributed by atoms with E-state index in [1.807, 2.05) is 29.1 Å². The van der Waals surface area contributed by atoms with Crippen LogP contribution in [0, 0.1) is 0 Å². The predicted molar refractivity (Wildman–Crippen MR) is 66.6 cm³/mol. The minimum Gasteiger partial charge on any atom is -0.384 e. The second kappa shape index (κ2) is 4.20. The zero-order chi connectivity index (χ0) is 11.7. The van der Waals surface area contributed by atoms with Crippen LogP contribution in [-0.4, -0.2) is 14.8 Å². The van der Waals surface area contributed by atoms with Crippen molar-refractivity contribution in [1.29, 1.82) is 0 Å². The molecule has 1 aliphatic carbocycles. The molecule has 2 N–H and O–H groups in total. The summed E-state index contributed by atoms with van der Waals surface area (Å²) in [6, 6.07) is 5.99. The van der Waals surface area contributed by atoms with Gasteiger partial charge in [0.15, 0.2) is 0 Å². The molecule has 1 saturated carbocycles. The molecule has 2 aromatic rings. The maximum Gasteiger partial charge on any atom is 0.122 e. The maximum absolute atomic E-state index is 5.99. The van der Waals surface area contributed by atoms with Gasteiger partial charge in [-0.25, -0.2) is 4.68 Å². The summed E-state index contributed by atoms with van der Waals surface area (Å²) < 4.78 is 1.87. The highest BCUT2D eigenvalue weighted by Gasteiger charge is 2.22. The molecule has 3 rings (SSSR count). The molecule has 0 saturated heterocycles. The van der Waals surface area contributed by atoms with E-state index >= 15 is 0 Å². The van der Waals surface area contributed by atoms with Crippen molar-refractivity contribution in [1.82, 2.24) is 14.8 Å². The van der Waals surface area contributed by atoms with Gasteiger partial charge in [-0.2, -0.15) is 5.10 Å². The first-order valence-electron chi connectivity index (χ1n) is 6.05. The van der Waals surface area contributed by atoms with Crippen LogP contribution < -0.4 is 5.73 Å². The van der Waals surface area contributed by atoms with Gasteiger partial charge >= 0.3 is 0 Å². The van der Waals surface area contributed by atoms with E-state index in [2.05, 4.69) is 10.1 Å². The first kappa shape index (κ1) is 10.3. The van der Waals surface area contributed by atoms with Crippen molar-refractivity contribution in [3.8, 4) is 0 Å². The van der Waals surface area contributed by atoms with E-state index in [0.717, 1.165) is 17.1 Å². The van der Waals surface area contributed by atoms with E-state index in [9.17, 15) is 0 Å². The van der Waals surface area contributed by atoms with Crippen molar-refractivity contribution < 1.29 is 0 Å². The van der Waals surface area contributed by atoms with Gasteiger partial charge in [0.25, 0.3) is 0 Å². The first-order valence-corrected chi connectivity index (χ1v) is 6.05. The Morgan fingerprint density at radius 1 is 1.41 bits per heavy atom. The molecule has 0 amide bonds. The molecule has 4 heteroatoms. The smallest absolute Gasteiger partial charge is 0.122 e. The summed E-state index contributed by atoms with van der Waals surface area (Å²) >= 11 is 0. The number of hydrogen-bond donors (Lipinski definition) is 1. The number of nitrogens with zero attached hydrogens (tertiary/aromatic N) is 3. The lowest BCUT2D eigenvalue weighted by Crippen LogP contribution is -2.11. The monoisotopic (exact) mass is 228 g/mol. The van der Waals surface area contributed by atoms with Crippen molar-refractivity contribution in [2.24, 2.45) is 0 Å². The molecule has 0 aromatic carbocycles. The van der Waals surface area contributed by atoms with E-state index < -0.39 is 0 Å². The van der Waals surface area contributed by atoms with E-state index in [1.54, 1.807) is 6.20 Å². The van der Waals surface area contributed by atoms with Crippen LogP contribution in [0.4, 0.5) is 5.82 Å². The highest BCUT2D eigenvalue weighted by Crippen LogP contribution is 2.36. The Labute approximate surface area is 100 Å². The number of aromatic nitrogens is 3. The molecule has 1 fully saturated rings. The molecule has 1 aliphatic rings. The molecule has 0 spiro atoms. The minimum atomic E-state index is 0.632. The summed E-state index contributed by atoms with van der Waals surface area (Å²) in [6.07, 6.45) is 7.45. The summed E-state index contributed by atoms with van der Waals surface area (Å²) in [5.74, 6) is 1.38. The maximum atomic E-state index is 5.99. The molecule has 0 aliphatic heterocycles. The molecule has 2 heterocycles. The fourth-order valence-electron chi connectivity index (χ4n) is 2.15. The zero-order valence-electron chi connectivity index (χ0n) is 9.71. The lowest BCUT2D eigenvalue weighted by atomic mass is 9.83. The molecule has 17 heavy (non-hydrogen) atoms. The Morgan fingerprint density at radius 2 is 2.29 bits per heavy atom. The van der Waals surface area contributed by atoms with Gasteiger partial charge in [0, 0.05) is 24.4 Å². The van der Waals surface area contributed by atoms with Crippen molar-refractivity contribution in [2.75, 3.05) is 5.73 Å². The lowest BCUT2D eigenvalue weighted by Gasteiger charge is -2.22. The number of rotatable bonds is 3. The standard InChI is InChI=1S/C13H16N4/c14-13-7-12(11-4-1-5-11)16-17(13)9-10-3-2-6-15-8-10/h2-3,6-8,11H,1,4-5,9,14H2. The van der Waals surface area contributed by atoms with E-state index in [-0.39, 0.29) is 0 Å². The second-order valence-electron chi connectivity index (χ2n) is 4.64. The van der Waals surface area contributed by atoms with Crippen LogP contribution in [0.15, 0.2) is 30.6 Å². The molecule has 0 radical (unpaired) electrons. The van der Waals surface area contributed by atoms with E-state index in [1.165, 1.54) is 19.3 Å². The number of anilines is 1. The Kier molecular flexibility index (Phi) is 2.55. The third-order valence-electron chi connectivity index (χ3n) is 3.41. The molecular formula is C13H16N4. The minimum absolute atomic E-state index is 0.632. The topological polar surface area (TPSA) is 56.7 Å². The van der Waals surface area contributed by atoms with Gasteiger partial charge in [-0.15, -0.1) is 0 Å². The van der Waals surface area contributed by atoms with Crippen LogP contribution in [-0.2, 0) is 6.54 Å². The fraction of sp³-hybridized carbons (Fsp3) is 0.385. The first-order chi connectivity index (χ1) is 8.33. The summed E-state index contributed by atoms with van der Waals surface area (Å²) in [6.45, 7) is 0.701. The van der Waals surface area contributed by atoms with Crippen LogP contribution >= 0.6 is 0 Å². The van der Waals surface area contributed by atoms with Gasteiger partial charge in [0.05, 0.1) is 12.2 Å². The van der Waals surface area contributed by atoms with Gasteiger partial charge in [0.2, 0.25) is 0 Å². The van der Waals surface area contributed by atoms with Crippen molar-refractivity contribution >= 4 is 5.82 Å². The molecule has 0 atom stereocenters. The Morgan fingerprint density at radius 3 is 2.94 bits per heavy atom. The molecule has 88 valence electrons. The average Bonchev–Trinajstić information content (AvgIpc) is 2.59. The van der Waals surface area contributed by atoms with Gasteiger partial charge < -0.3 is 5.73 Å².